The summed E-state index contributed by atoms with van der Waals surface area (Å²) in [7, 11) is 0. The van der Waals surface area contributed by atoms with Gasteiger partial charge in [0.1, 0.15) is 0 Å². The second-order valence-electron chi connectivity index (χ2n) is 6.42. The first kappa shape index (κ1) is 14.0. The third-order valence-electron chi connectivity index (χ3n) is 3.77. The summed E-state index contributed by atoms with van der Waals surface area (Å²) in [6.45, 7) is 10.1. The van der Waals surface area contributed by atoms with E-state index in [1.54, 1.807) is 0 Å². The van der Waals surface area contributed by atoms with Crippen LogP contribution in [0.5, 0.6) is 0 Å². The molecule has 0 aromatic carbocycles. The van der Waals surface area contributed by atoms with Gasteiger partial charge in [-0.05, 0) is 50.0 Å². The lowest BCUT2D eigenvalue weighted by Crippen LogP contribution is -2.41. The highest BCUT2D eigenvalue weighted by Crippen LogP contribution is 2.38. The van der Waals surface area contributed by atoms with Gasteiger partial charge in [0, 0.05) is 6.04 Å². The maximum atomic E-state index is 9.50. The predicted octanol–water partition coefficient (Wildman–Crippen LogP) is 2.95. The summed E-state index contributed by atoms with van der Waals surface area (Å²) in [5.74, 6) is 0.831. The highest BCUT2D eigenvalue weighted by molar-refractivity contribution is 4.86. The molecule has 2 N–H and O–H groups in total. The van der Waals surface area contributed by atoms with Crippen LogP contribution in [-0.4, -0.2) is 23.8 Å². The van der Waals surface area contributed by atoms with Crippen molar-refractivity contribution in [1.82, 2.24) is 5.32 Å². The fourth-order valence-electron chi connectivity index (χ4n) is 3.16. The second-order valence-corrected chi connectivity index (χ2v) is 6.42. The van der Waals surface area contributed by atoms with Crippen molar-refractivity contribution in [2.24, 2.45) is 11.3 Å². The molecule has 1 aliphatic rings. The predicted molar refractivity (Wildman–Crippen MR) is 69.5 cm³/mol. The average Bonchev–Trinajstić information content (AvgIpc) is 2.14. The molecule has 2 heteroatoms. The van der Waals surface area contributed by atoms with Gasteiger partial charge in [0.2, 0.25) is 0 Å². The van der Waals surface area contributed by atoms with Gasteiger partial charge in [-0.2, -0.15) is 0 Å². The van der Waals surface area contributed by atoms with Gasteiger partial charge in [-0.25, -0.2) is 0 Å². The molecule has 16 heavy (non-hydrogen) atoms. The summed E-state index contributed by atoms with van der Waals surface area (Å²) in [5.41, 5.74) is 0.485. The Balaban J connectivity index is 2.26. The normalized spacial score (nSPS) is 31.3. The van der Waals surface area contributed by atoms with Crippen LogP contribution < -0.4 is 5.32 Å². The maximum absolute atomic E-state index is 9.50. The van der Waals surface area contributed by atoms with Crippen molar-refractivity contribution in [2.45, 2.75) is 71.9 Å². The van der Waals surface area contributed by atoms with Gasteiger partial charge in [-0.15, -0.1) is 0 Å². The fourth-order valence-corrected chi connectivity index (χ4v) is 3.16. The van der Waals surface area contributed by atoms with E-state index in [9.17, 15) is 5.11 Å². The van der Waals surface area contributed by atoms with Gasteiger partial charge in [0.05, 0.1) is 6.10 Å². The van der Waals surface area contributed by atoms with E-state index in [4.69, 9.17) is 0 Å². The number of hydrogen-bond acceptors (Lipinski definition) is 2. The van der Waals surface area contributed by atoms with Gasteiger partial charge < -0.3 is 10.4 Å². The molecule has 0 radical (unpaired) electrons. The van der Waals surface area contributed by atoms with Crippen LogP contribution in [0, 0.1) is 11.3 Å². The van der Waals surface area contributed by atoms with Crippen LogP contribution in [0.1, 0.15) is 59.8 Å². The molecule has 0 amide bonds. The Kier molecular flexibility index (Phi) is 5.26. The van der Waals surface area contributed by atoms with E-state index in [0.717, 1.165) is 25.3 Å². The van der Waals surface area contributed by atoms with Crippen LogP contribution in [0.3, 0.4) is 0 Å². The summed E-state index contributed by atoms with van der Waals surface area (Å²) in [6, 6.07) is 0.655. The SMILES string of the molecule is CCC(O)CCNC1CC(C)CC(C)(C)C1. The van der Waals surface area contributed by atoms with Gasteiger partial charge in [-0.1, -0.05) is 27.7 Å². The first-order valence-electron chi connectivity index (χ1n) is 6.84. The van der Waals surface area contributed by atoms with E-state index in [1.807, 2.05) is 6.92 Å². The van der Waals surface area contributed by atoms with Gasteiger partial charge >= 0.3 is 0 Å². The van der Waals surface area contributed by atoms with Crippen LogP contribution in [0.15, 0.2) is 0 Å². The molecule has 0 aromatic rings. The van der Waals surface area contributed by atoms with Crippen molar-refractivity contribution in [1.29, 1.82) is 0 Å². The van der Waals surface area contributed by atoms with Crippen molar-refractivity contribution in [2.75, 3.05) is 6.54 Å². The smallest absolute Gasteiger partial charge is 0.0549 e. The zero-order valence-corrected chi connectivity index (χ0v) is 11.4. The molecule has 2 nitrogen and oxygen atoms in total. The van der Waals surface area contributed by atoms with E-state index in [-0.39, 0.29) is 6.10 Å². The Bertz CT molecular complexity index is 203. The standard InChI is InChI=1S/C14H29NO/c1-5-13(16)6-7-15-12-8-11(2)9-14(3,4)10-12/h11-13,15-16H,5-10H2,1-4H3. The van der Waals surface area contributed by atoms with Gasteiger partial charge in [-0.3, -0.25) is 0 Å². The molecule has 0 heterocycles. The quantitative estimate of drug-likeness (QED) is 0.757. The molecule has 3 atom stereocenters. The molecule has 0 bridgehead atoms. The Morgan fingerprint density at radius 2 is 2.06 bits per heavy atom. The minimum absolute atomic E-state index is 0.124. The minimum Gasteiger partial charge on any atom is -0.393 e. The molecule has 1 rings (SSSR count). The van der Waals surface area contributed by atoms with Gasteiger partial charge in [0.15, 0.2) is 0 Å². The number of aliphatic hydroxyl groups is 1. The monoisotopic (exact) mass is 227 g/mol. The third-order valence-corrected chi connectivity index (χ3v) is 3.77. The molecule has 0 aromatic heterocycles. The van der Waals surface area contributed by atoms with E-state index >= 15 is 0 Å². The van der Waals surface area contributed by atoms with Crippen molar-refractivity contribution in [3.8, 4) is 0 Å². The Labute approximate surface area is 101 Å². The average molecular weight is 227 g/mol. The van der Waals surface area contributed by atoms with Crippen molar-refractivity contribution in [3.05, 3.63) is 0 Å². The van der Waals surface area contributed by atoms with Crippen LogP contribution in [0.25, 0.3) is 0 Å². The lowest BCUT2D eigenvalue weighted by atomic mass is 9.70. The first-order valence-corrected chi connectivity index (χ1v) is 6.84. The summed E-state index contributed by atoms with van der Waals surface area (Å²) in [6.07, 6.45) is 5.56. The van der Waals surface area contributed by atoms with Crippen LogP contribution in [0.4, 0.5) is 0 Å². The van der Waals surface area contributed by atoms with E-state index in [2.05, 4.69) is 26.1 Å². The highest BCUT2D eigenvalue weighted by Gasteiger charge is 2.31. The van der Waals surface area contributed by atoms with Crippen molar-refractivity contribution < 1.29 is 5.11 Å². The second kappa shape index (κ2) is 6.02. The summed E-state index contributed by atoms with van der Waals surface area (Å²) < 4.78 is 0. The molecular formula is C14H29NO. The molecule has 0 saturated heterocycles. The fraction of sp³-hybridized carbons (Fsp3) is 1.00. The molecule has 1 saturated carbocycles. The first-order chi connectivity index (χ1) is 7.43. The summed E-state index contributed by atoms with van der Waals surface area (Å²) in [5, 5.41) is 13.1. The molecule has 1 fully saturated rings. The Morgan fingerprint density at radius 3 is 2.62 bits per heavy atom. The van der Waals surface area contributed by atoms with E-state index < -0.39 is 0 Å². The summed E-state index contributed by atoms with van der Waals surface area (Å²) in [4.78, 5) is 0. The number of hydrogen-bond donors (Lipinski definition) is 2. The van der Waals surface area contributed by atoms with Crippen molar-refractivity contribution in [3.63, 3.8) is 0 Å². The largest absolute Gasteiger partial charge is 0.393 e. The number of nitrogens with one attached hydrogen (secondary N) is 1. The van der Waals surface area contributed by atoms with Gasteiger partial charge in [0.25, 0.3) is 0 Å². The zero-order chi connectivity index (χ0) is 12.2. The van der Waals surface area contributed by atoms with E-state index in [1.165, 1.54) is 19.3 Å². The lowest BCUT2D eigenvalue weighted by molar-refractivity contribution is 0.136. The highest BCUT2D eigenvalue weighted by atomic mass is 16.3. The summed E-state index contributed by atoms with van der Waals surface area (Å²) >= 11 is 0. The number of aliphatic hydroxyl groups excluding tert-OH is 1. The van der Waals surface area contributed by atoms with E-state index in [0.29, 0.717) is 11.5 Å². The topological polar surface area (TPSA) is 32.3 Å². The molecule has 0 spiro atoms. The third kappa shape index (κ3) is 4.84. The van der Waals surface area contributed by atoms with Crippen LogP contribution >= 0.6 is 0 Å². The lowest BCUT2D eigenvalue weighted by Gasteiger charge is -2.39. The minimum atomic E-state index is -0.124. The Morgan fingerprint density at radius 1 is 1.38 bits per heavy atom. The Hall–Kier alpha value is -0.0800. The molecule has 3 unspecified atom stereocenters. The zero-order valence-electron chi connectivity index (χ0n) is 11.4. The van der Waals surface area contributed by atoms with Crippen molar-refractivity contribution >= 4 is 0 Å². The number of rotatable bonds is 5. The molecule has 96 valence electrons. The molecule has 0 aliphatic heterocycles. The molecular weight excluding hydrogens is 198 g/mol. The molecule has 1 aliphatic carbocycles. The van der Waals surface area contributed by atoms with Crippen LogP contribution in [-0.2, 0) is 0 Å². The maximum Gasteiger partial charge on any atom is 0.0549 e. The van der Waals surface area contributed by atoms with Crippen LogP contribution in [0.2, 0.25) is 0 Å².